The number of esters is 2. The van der Waals surface area contributed by atoms with Gasteiger partial charge in [-0.2, -0.15) is 0 Å². The highest BCUT2D eigenvalue weighted by molar-refractivity contribution is 5.79. The Bertz CT molecular complexity index is 4360. The van der Waals surface area contributed by atoms with Crippen LogP contribution in [0.15, 0.2) is 131 Å². The summed E-state index contributed by atoms with van der Waals surface area (Å²) in [7, 11) is 6.83. The highest BCUT2D eigenvalue weighted by atomic mass is 16.8. The maximum atomic E-state index is 14.7. The number of aliphatic hydroxyl groups is 4. The van der Waals surface area contributed by atoms with Gasteiger partial charge in [0.05, 0.1) is 111 Å². The first kappa shape index (κ1) is 101. The summed E-state index contributed by atoms with van der Waals surface area (Å²) in [6, 6.07) is 7.99. The van der Waals surface area contributed by atoms with Crippen molar-refractivity contribution in [1.29, 1.82) is 0 Å². The van der Waals surface area contributed by atoms with Crippen LogP contribution in [-0.4, -0.2) is 268 Å². The Morgan fingerprint density at radius 2 is 0.932 bits per heavy atom. The minimum absolute atomic E-state index is 0.00495. The molecule has 12 heterocycles. The standard InChI is InChI=1S/C104H154N2O26/c1-21-55(3)93-61(9)37-39-101(131-93)49-75-43-73(129-101)35-33-59(7)91(57(5)27-25-31-71-53-117-97-89(107)63(11)41-77(99(109)123-75)103(71,97)111)125-85-47-81(115-19)95(67(15)121-85)127-83-45-79(113-17)87(65(13)119-83)105-51-69-29-23-24-30-70(69)52-106-88-66(14)120-84(46-80(88)114-18)128-96-68(16)122-86(48-82(96)116-20)126-92-58(6)28-26-32-72-54-118-98-90(108)64(12)42-78(104(72,98)112)100(110)124-76-44-74(36-34-60(92)8)130-102(50-76)40-38-62(10)94(132-102)56(4)22-2/h23-31,33-34,37-42,55-58,61-62,65-68,72-98,105-108,111-112H,21-22,32,35-36,43-54H2,1-20H3/b27-25+,28-26+,59-33+,60-34+,71-31+/t55?,56?,57-,58-,61-,62-,65-,66-,67-,68-,72?,73+,74+,75-,76-,77-,78-,79-,80-,81-,82-,83-,84-,85-,86-,87+,88+,89+,90+,91-,92-,93+,94+,95-,96-,97+,98+,101+,102+,103+,104+/m0/s1. The van der Waals surface area contributed by atoms with Gasteiger partial charge in [-0.3, -0.25) is 9.59 Å². The fourth-order valence-electron chi connectivity index (χ4n) is 23.5. The Morgan fingerprint density at radius 3 is 1.41 bits per heavy atom. The van der Waals surface area contributed by atoms with E-state index in [2.05, 4.69) is 135 Å². The molecule has 1 aromatic rings. The lowest BCUT2D eigenvalue weighted by Gasteiger charge is -2.48. The van der Waals surface area contributed by atoms with Crippen LogP contribution in [0.5, 0.6) is 0 Å². The quantitative estimate of drug-likeness (QED) is 0.0464. The molecule has 41 atom stereocenters. The van der Waals surface area contributed by atoms with Crippen LogP contribution in [0.4, 0.5) is 0 Å². The van der Waals surface area contributed by atoms with E-state index < -0.39 is 175 Å². The first-order valence-corrected chi connectivity index (χ1v) is 49.3. The molecule has 8 fully saturated rings. The molecule has 4 bridgehead atoms. The number of hydrogen-bond acceptors (Lipinski definition) is 28. The Hall–Kier alpha value is -5.14. The number of hydrogen-bond donors (Lipinski definition) is 6. The van der Waals surface area contributed by atoms with E-state index in [0.29, 0.717) is 87.6 Å². The van der Waals surface area contributed by atoms with Crippen molar-refractivity contribution in [3.05, 3.63) is 142 Å². The van der Waals surface area contributed by atoms with Gasteiger partial charge < -0.3 is 126 Å². The average Bonchev–Trinajstić information content (AvgIpc) is 1.57. The Balaban J connectivity index is 0.555. The lowest BCUT2D eigenvalue weighted by Crippen LogP contribution is -2.60. The first-order valence-electron chi connectivity index (χ1n) is 49.3. The van der Waals surface area contributed by atoms with Crippen LogP contribution in [0.2, 0.25) is 0 Å². The number of methoxy groups -OCH3 is 4. The monoisotopic (exact) mass is 1850 g/mol. The van der Waals surface area contributed by atoms with Gasteiger partial charge in [-0.25, -0.2) is 0 Å². The van der Waals surface area contributed by atoms with Crippen molar-refractivity contribution >= 4 is 11.9 Å². The molecule has 6 N–H and O–H groups in total. The van der Waals surface area contributed by atoms with Gasteiger partial charge in [0, 0.05) is 122 Å². The number of aliphatic hydroxyl groups excluding tert-OH is 2. The van der Waals surface area contributed by atoms with Crippen molar-refractivity contribution < 1.29 is 125 Å². The summed E-state index contributed by atoms with van der Waals surface area (Å²) in [5, 5.41) is 56.2. The van der Waals surface area contributed by atoms with E-state index in [0.717, 1.165) is 35.1 Å². The van der Waals surface area contributed by atoms with E-state index in [4.69, 9.17) is 94.7 Å². The predicted molar refractivity (Wildman–Crippen MR) is 490 cm³/mol. The minimum Gasteiger partial charge on any atom is -0.462 e. The number of benzene rings is 1. The number of carbonyl (C=O) groups is 2. The van der Waals surface area contributed by atoms with E-state index in [9.17, 15) is 30.0 Å². The molecule has 0 saturated carbocycles. The van der Waals surface area contributed by atoms with E-state index in [1.807, 2.05) is 58.1 Å². The zero-order valence-electron chi connectivity index (χ0n) is 81.5. The van der Waals surface area contributed by atoms with Crippen LogP contribution >= 0.6 is 0 Å². The van der Waals surface area contributed by atoms with E-state index >= 15 is 0 Å². The van der Waals surface area contributed by atoms with Crippen LogP contribution in [0.1, 0.15) is 205 Å². The Kier molecular flexibility index (Phi) is 33.2. The zero-order chi connectivity index (χ0) is 94.2. The molecule has 1 aromatic carbocycles. The lowest BCUT2D eigenvalue weighted by atomic mass is 9.67. The maximum absolute atomic E-state index is 14.7. The third-order valence-corrected chi connectivity index (χ3v) is 31.7. The van der Waals surface area contributed by atoms with Crippen LogP contribution < -0.4 is 10.6 Å². The maximum Gasteiger partial charge on any atom is 0.316 e. The highest BCUT2D eigenvalue weighted by Gasteiger charge is 2.64. The molecule has 2 spiro atoms. The molecule has 2 aliphatic carbocycles. The topological polar surface area (TPSA) is 324 Å². The summed E-state index contributed by atoms with van der Waals surface area (Å²) in [5.74, 6) is -5.91. The number of rotatable bonds is 22. The molecule has 12 aliphatic heterocycles. The Morgan fingerprint density at radius 1 is 0.492 bits per heavy atom. The summed E-state index contributed by atoms with van der Waals surface area (Å²) in [5.41, 5.74) is 2.03. The normalized spacial score (nSPS) is 47.2. The average molecular weight is 1850 g/mol. The summed E-state index contributed by atoms with van der Waals surface area (Å²) in [6.45, 7) is 34.1. The smallest absolute Gasteiger partial charge is 0.316 e. The molecule has 8 saturated heterocycles. The van der Waals surface area contributed by atoms with Crippen LogP contribution in [-0.2, 0) is 117 Å². The molecule has 0 radical (unpaired) electrons. The van der Waals surface area contributed by atoms with Crippen molar-refractivity contribution in [3.8, 4) is 0 Å². The van der Waals surface area contributed by atoms with Crippen molar-refractivity contribution in [3.63, 3.8) is 0 Å². The molecule has 0 aromatic heterocycles. The molecule has 28 nitrogen and oxygen atoms in total. The first-order chi connectivity index (χ1) is 63.1. The van der Waals surface area contributed by atoms with E-state index in [1.54, 1.807) is 60.5 Å². The highest BCUT2D eigenvalue weighted by Crippen LogP contribution is 2.52. The van der Waals surface area contributed by atoms with Gasteiger partial charge in [-0.15, -0.1) is 0 Å². The molecule has 14 aliphatic rings. The number of ether oxygens (including phenoxy) is 20. The Labute approximate surface area is 782 Å². The van der Waals surface area contributed by atoms with Crippen molar-refractivity contribution in [2.75, 3.05) is 41.7 Å². The van der Waals surface area contributed by atoms with Gasteiger partial charge in [-0.05, 0) is 138 Å². The van der Waals surface area contributed by atoms with Gasteiger partial charge >= 0.3 is 11.9 Å². The van der Waals surface area contributed by atoms with Crippen LogP contribution in [0.3, 0.4) is 0 Å². The van der Waals surface area contributed by atoms with Gasteiger partial charge in [0.1, 0.15) is 71.9 Å². The van der Waals surface area contributed by atoms with Gasteiger partial charge in [0.2, 0.25) is 0 Å². The van der Waals surface area contributed by atoms with E-state index in [1.165, 1.54) is 0 Å². The molecular formula is C104H154N2O26. The summed E-state index contributed by atoms with van der Waals surface area (Å²) < 4.78 is 134. The van der Waals surface area contributed by atoms with Crippen molar-refractivity contribution in [2.45, 2.75) is 402 Å². The minimum atomic E-state index is -1.88. The number of nitrogens with one attached hydrogen (secondary N) is 2. The van der Waals surface area contributed by atoms with Crippen molar-refractivity contribution in [1.82, 2.24) is 10.6 Å². The van der Waals surface area contributed by atoms with Crippen molar-refractivity contribution in [2.24, 2.45) is 53.3 Å². The summed E-state index contributed by atoms with van der Waals surface area (Å²) in [4.78, 5) is 29.3. The second-order valence-electron chi connectivity index (χ2n) is 40.9. The molecular weight excluding hydrogens is 1690 g/mol. The third kappa shape index (κ3) is 21.6. The molecule has 0 amide bonds. The molecule has 15 rings (SSSR count). The lowest BCUT2D eigenvalue weighted by molar-refractivity contribution is -0.312. The second kappa shape index (κ2) is 43.3. The van der Waals surface area contributed by atoms with E-state index in [-0.39, 0.29) is 110 Å². The number of carbonyl (C=O) groups excluding carboxylic acids is 2. The van der Waals surface area contributed by atoms with Gasteiger partial charge in [-0.1, -0.05) is 159 Å². The molecule has 132 heavy (non-hydrogen) atoms. The number of allylic oxidation sites excluding steroid dienone is 3. The molecule has 3 unspecified atom stereocenters. The fourth-order valence-corrected chi connectivity index (χ4v) is 23.5. The third-order valence-electron chi connectivity index (χ3n) is 31.7. The summed E-state index contributed by atoms with van der Waals surface area (Å²) in [6.07, 6.45) is 17.3. The molecule has 736 valence electrons. The zero-order valence-corrected chi connectivity index (χ0v) is 81.5. The molecule has 28 heteroatoms. The largest absolute Gasteiger partial charge is 0.462 e. The van der Waals surface area contributed by atoms with Crippen LogP contribution in [0, 0.1) is 53.3 Å². The SMILES string of the molecule is CCC(C)[C@H]1O[C@]2(C=C[C@@H]1C)C[C@@H]1C[C@@H](C/C=C(\C)[C@@H](O[C@H]3C[C@H](OC)[C@@H](O[C@H]4C[C@H](OC)[C@H](NCc5ccccc5CN[C@@H]5[C@H](C)O[C@@H](O[C@H]6[C@H](C)O[C@@H](O[C@@H]7/C(C)=C/C[C@@H]8C[C@@H](C[C@]9(C=C[C@H](C)[C@@H](C(C)CC)O9)O8)OC(=O)[C@@H]8C=C(C)[C@@H](O)[C@H]9OCC(C/C=C/[C@@H]7C)[C@]98O)C[C@@H]6OC)C[C@@H]5OC)[C@H](C)O4)[C@H](C)O3)[C@@H](C)/C=C/C=C3\CO[C@@H]4[C@H](O)C(C)=C[C@@H](C(=O)O1)[C@]34O)O2. The predicted octanol–water partition coefficient (Wildman–Crippen LogP) is 12.7. The van der Waals surface area contributed by atoms with Crippen LogP contribution in [0.25, 0.3) is 0 Å². The summed E-state index contributed by atoms with van der Waals surface area (Å²) >= 11 is 0. The second-order valence-corrected chi connectivity index (χ2v) is 40.9. The fraction of sp³-hybridized carbons (Fsp3) is 0.750. The van der Waals surface area contributed by atoms with Gasteiger partial charge in [0.15, 0.2) is 36.7 Å². The van der Waals surface area contributed by atoms with Gasteiger partial charge in [0.25, 0.3) is 0 Å². The number of fused-ring (bicyclic) bond motifs is 4.